The molecular formula is C16H13F4N7O. The summed E-state index contributed by atoms with van der Waals surface area (Å²) >= 11 is 0. The first-order valence-electron chi connectivity index (χ1n) is 8.26. The van der Waals surface area contributed by atoms with Crippen LogP contribution in [0.15, 0.2) is 24.5 Å². The maximum absolute atomic E-state index is 14.3. The van der Waals surface area contributed by atoms with Crippen molar-refractivity contribution >= 4 is 5.91 Å². The van der Waals surface area contributed by atoms with E-state index in [1.54, 1.807) is 23.9 Å². The molecule has 0 saturated carbocycles. The summed E-state index contributed by atoms with van der Waals surface area (Å²) in [6.45, 7) is 1.82. The normalized spacial score (nSPS) is 16.9. The fraction of sp³-hybridized carbons (Fsp3) is 0.312. The van der Waals surface area contributed by atoms with Crippen molar-refractivity contribution in [2.75, 3.05) is 6.54 Å². The molecule has 4 heterocycles. The molecule has 1 aliphatic heterocycles. The number of aromatic nitrogens is 6. The van der Waals surface area contributed by atoms with Crippen LogP contribution in [0.25, 0.3) is 5.82 Å². The topological polar surface area (TPSA) is 92.6 Å². The van der Waals surface area contributed by atoms with E-state index in [4.69, 9.17) is 0 Å². The molecule has 28 heavy (non-hydrogen) atoms. The molecule has 0 spiro atoms. The average molecular weight is 395 g/mol. The van der Waals surface area contributed by atoms with Crippen LogP contribution in [0.1, 0.15) is 40.4 Å². The molecule has 1 aliphatic rings. The van der Waals surface area contributed by atoms with Crippen LogP contribution in [0.2, 0.25) is 0 Å². The Labute approximate surface area is 155 Å². The van der Waals surface area contributed by atoms with Crippen LogP contribution in [0, 0.1) is 5.82 Å². The minimum absolute atomic E-state index is 0.164. The van der Waals surface area contributed by atoms with Crippen molar-refractivity contribution in [3.8, 4) is 5.82 Å². The number of alkyl halides is 3. The first-order valence-corrected chi connectivity index (χ1v) is 8.26. The summed E-state index contributed by atoms with van der Waals surface area (Å²) in [7, 11) is 0. The van der Waals surface area contributed by atoms with Gasteiger partial charge < -0.3 is 4.90 Å². The zero-order valence-electron chi connectivity index (χ0n) is 14.4. The zero-order valence-corrected chi connectivity index (χ0v) is 14.4. The molecule has 0 bridgehead atoms. The van der Waals surface area contributed by atoms with Crippen LogP contribution < -0.4 is 0 Å². The molecule has 0 saturated heterocycles. The van der Waals surface area contributed by atoms with Gasteiger partial charge in [-0.1, -0.05) is 5.21 Å². The van der Waals surface area contributed by atoms with Gasteiger partial charge in [0.1, 0.15) is 5.69 Å². The molecule has 1 amide bonds. The van der Waals surface area contributed by atoms with E-state index in [-0.39, 0.29) is 6.54 Å². The van der Waals surface area contributed by atoms with E-state index in [1.807, 2.05) is 0 Å². The van der Waals surface area contributed by atoms with Crippen molar-refractivity contribution in [3.05, 3.63) is 53.0 Å². The summed E-state index contributed by atoms with van der Waals surface area (Å²) < 4.78 is 54.5. The Balaban J connectivity index is 1.67. The molecule has 0 radical (unpaired) electrons. The highest BCUT2D eigenvalue weighted by Gasteiger charge is 2.40. The van der Waals surface area contributed by atoms with E-state index in [0.29, 0.717) is 17.9 Å². The maximum Gasteiger partial charge on any atom is 0.436 e. The number of aromatic amines is 1. The van der Waals surface area contributed by atoms with E-state index in [9.17, 15) is 22.4 Å². The third kappa shape index (κ3) is 2.80. The van der Waals surface area contributed by atoms with Crippen molar-refractivity contribution in [2.24, 2.45) is 0 Å². The largest absolute Gasteiger partial charge is 0.436 e. The van der Waals surface area contributed by atoms with Gasteiger partial charge in [0.25, 0.3) is 5.91 Å². The van der Waals surface area contributed by atoms with Gasteiger partial charge in [-0.25, -0.2) is 9.37 Å². The Morgan fingerprint density at radius 1 is 1.29 bits per heavy atom. The number of pyridine rings is 1. The van der Waals surface area contributed by atoms with Crippen LogP contribution in [-0.4, -0.2) is 47.5 Å². The molecule has 1 N–H and O–H groups in total. The molecule has 8 nitrogen and oxygen atoms in total. The monoisotopic (exact) mass is 395 g/mol. The minimum atomic E-state index is -4.99. The highest BCUT2D eigenvalue weighted by molar-refractivity contribution is 5.95. The highest BCUT2D eigenvalue weighted by Crippen LogP contribution is 2.33. The molecular weight excluding hydrogens is 382 g/mol. The van der Waals surface area contributed by atoms with E-state index >= 15 is 0 Å². The minimum Gasteiger partial charge on any atom is -0.330 e. The summed E-state index contributed by atoms with van der Waals surface area (Å²) in [5, 5.41) is 14.7. The van der Waals surface area contributed by atoms with Gasteiger partial charge in [-0.15, -0.1) is 5.10 Å². The summed E-state index contributed by atoms with van der Waals surface area (Å²) in [6, 6.07) is 2.04. The predicted octanol–water partition coefficient (Wildman–Crippen LogP) is 2.30. The lowest BCUT2D eigenvalue weighted by Gasteiger charge is -2.32. The van der Waals surface area contributed by atoms with Gasteiger partial charge in [0.05, 0.1) is 23.5 Å². The third-order valence-electron chi connectivity index (χ3n) is 4.61. The molecule has 1 atom stereocenters. The lowest BCUT2D eigenvalue weighted by atomic mass is 10.0. The number of nitrogens with zero attached hydrogens (tertiary/aromatic N) is 6. The number of carbonyl (C=O) groups excluding carboxylic acids is 1. The van der Waals surface area contributed by atoms with Crippen LogP contribution in [0.3, 0.4) is 0 Å². The highest BCUT2D eigenvalue weighted by atomic mass is 19.4. The summed E-state index contributed by atoms with van der Waals surface area (Å²) in [6.07, 6.45) is -2.33. The van der Waals surface area contributed by atoms with Gasteiger partial charge in [0, 0.05) is 25.2 Å². The Morgan fingerprint density at radius 3 is 2.75 bits per heavy atom. The van der Waals surface area contributed by atoms with Gasteiger partial charge >= 0.3 is 6.18 Å². The van der Waals surface area contributed by atoms with Crippen molar-refractivity contribution < 1.29 is 22.4 Å². The molecule has 0 fully saturated rings. The van der Waals surface area contributed by atoms with Gasteiger partial charge in [-0.3, -0.25) is 9.89 Å². The number of carbonyl (C=O) groups is 1. The summed E-state index contributed by atoms with van der Waals surface area (Å²) in [5.74, 6) is -1.95. The molecule has 12 heteroatoms. The number of amides is 1. The van der Waals surface area contributed by atoms with E-state index < -0.39 is 35.2 Å². The van der Waals surface area contributed by atoms with E-state index in [1.165, 1.54) is 4.90 Å². The number of halogens is 4. The van der Waals surface area contributed by atoms with Crippen molar-refractivity contribution in [2.45, 2.75) is 25.6 Å². The molecule has 146 valence electrons. The lowest BCUT2D eigenvalue weighted by Crippen LogP contribution is -2.40. The summed E-state index contributed by atoms with van der Waals surface area (Å²) in [4.78, 5) is 17.1. The number of H-pyrrole nitrogens is 1. The van der Waals surface area contributed by atoms with Crippen molar-refractivity contribution in [1.29, 1.82) is 0 Å². The molecule has 3 aromatic rings. The second-order valence-electron chi connectivity index (χ2n) is 6.22. The Kier molecular flexibility index (Phi) is 4.12. The first-order chi connectivity index (χ1) is 13.3. The van der Waals surface area contributed by atoms with Gasteiger partial charge in [-0.05, 0) is 13.0 Å². The lowest BCUT2D eigenvalue weighted by molar-refractivity contribution is -0.143. The summed E-state index contributed by atoms with van der Waals surface area (Å²) in [5.41, 5.74) is -1.17. The quantitative estimate of drug-likeness (QED) is 0.673. The van der Waals surface area contributed by atoms with Gasteiger partial charge in [0.2, 0.25) is 0 Å². The number of nitrogens with one attached hydrogen (secondary N) is 1. The smallest absolute Gasteiger partial charge is 0.330 e. The SMILES string of the molecule is CC1c2nnn(-c3ccn[nH]3)c2CCN1C(=O)c1ccnc(C(F)(F)F)c1F. The van der Waals surface area contributed by atoms with Gasteiger partial charge in [0.15, 0.2) is 17.3 Å². The standard InChI is InChI=1S/C16H13F4N7O/c1-8-13-10(27(25-24-13)11-3-6-22-23-11)4-7-26(8)15(28)9-2-5-21-14(12(9)17)16(18,19)20/h2-3,5-6,8H,4,7H2,1H3,(H,22,23). The van der Waals surface area contributed by atoms with Crippen LogP contribution in [0.5, 0.6) is 0 Å². The fourth-order valence-electron chi connectivity index (χ4n) is 3.24. The first kappa shape index (κ1) is 18.1. The molecule has 0 aliphatic carbocycles. The molecule has 4 rings (SSSR count). The third-order valence-corrected chi connectivity index (χ3v) is 4.61. The maximum atomic E-state index is 14.3. The second kappa shape index (κ2) is 6.39. The Bertz CT molecular complexity index is 1030. The van der Waals surface area contributed by atoms with Crippen molar-refractivity contribution in [3.63, 3.8) is 0 Å². The zero-order chi connectivity index (χ0) is 20.1. The second-order valence-corrected chi connectivity index (χ2v) is 6.22. The van der Waals surface area contributed by atoms with E-state index in [0.717, 1.165) is 18.0 Å². The predicted molar refractivity (Wildman–Crippen MR) is 85.9 cm³/mol. The fourth-order valence-corrected chi connectivity index (χ4v) is 3.24. The molecule has 0 aromatic carbocycles. The van der Waals surface area contributed by atoms with E-state index in [2.05, 4.69) is 25.5 Å². The van der Waals surface area contributed by atoms with Crippen LogP contribution >= 0.6 is 0 Å². The molecule has 1 unspecified atom stereocenters. The van der Waals surface area contributed by atoms with Crippen molar-refractivity contribution in [1.82, 2.24) is 35.1 Å². The number of hydrogen-bond donors (Lipinski definition) is 1. The number of fused-ring (bicyclic) bond motifs is 1. The average Bonchev–Trinajstić information content (AvgIpc) is 3.30. The van der Waals surface area contributed by atoms with Crippen LogP contribution in [-0.2, 0) is 12.6 Å². The van der Waals surface area contributed by atoms with Crippen LogP contribution in [0.4, 0.5) is 17.6 Å². The molecule has 3 aromatic heterocycles. The number of rotatable bonds is 2. The Hall–Kier alpha value is -3.31. The van der Waals surface area contributed by atoms with Gasteiger partial charge in [-0.2, -0.15) is 23.0 Å². The Morgan fingerprint density at radius 2 is 2.07 bits per heavy atom. The number of hydrogen-bond acceptors (Lipinski definition) is 5.